The average Bonchev–Trinajstić information content (AvgIpc) is 3.35. The molecule has 5 nitrogen and oxygen atoms in total. The first kappa shape index (κ1) is 15.5. The molecule has 0 atom stereocenters. The van der Waals surface area contributed by atoms with Crippen LogP contribution in [0.25, 0.3) is 10.9 Å². The van der Waals surface area contributed by atoms with E-state index in [-0.39, 0.29) is 6.03 Å². The number of nitrogens with one attached hydrogen (secondary N) is 2. The lowest BCUT2D eigenvalue weighted by Crippen LogP contribution is -2.45. The number of benzene rings is 1. The molecule has 2 aromatic rings. The number of aromatic nitrogens is 1. The van der Waals surface area contributed by atoms with E-state index in [4.69, 9.17) is 4.74 Å². The highest BCUT2D eigenvalue weighted by Crippen LogP contribution is 2.30. The number of urea groups is 1. The Labute approximate surface area is 142 Å². The lowest BCUT2D eigenvalue weighted by molar-refractivity contribution is 0.00945. The standard InChI is InChI=1S/C19H25N3O2/c23-19(20-12-16-11-15-3-1-2-4-18(15)21-16)22-9-7-17(8-10-22)24-13-14-5-6-14/h1-4,11,14,17,21H,5-10,12-13H2,(H,20,23). The third kappa shape index (κ3) is 3.73. The van der Waals surface area contributed by atoms with Crippen LogP contribution in [0.4, 0.5) is 4.79 Å². The van der Waals surface area contributed by atoms with E-state index in [0.29, 0.717) is 12.6 Å². The quantitative estimate of drug-likeness (QED) is 0.885. The fourth-order valence-corrected chi connectivity index (χ4v) is 3.29. The van der Waals surface area contributed by atoms with Crippen molar-refractivity contribution in [2.24, 2.45) is 5.92 Å². The molecule has 0 radical (unpaired) electrons. The number of rotatable bonds is 5. The van der Waals surface area contributed by atoms with Gasteiger partial charge < -0.3 is 19.9 Å². The van der Waals surface area contributed by atoms with Gasteiger partial charge in [-0.15, -0.1) is 0 Å². The van der Waals surface area contributed by atoms with Crippen molar-refractivity contribution in [1.82, 2.24) is 15.2 Å². The fraction of sp³-hybridized carbons (Fsp3) is 0.526. The maximum atomic E-state index is 12.3. The summed E-state index contributed by atoms with van der Waals surface area (Å²) in [5.74, 6) is 0.808. The van der Waals surface area contributed by atoms with Gasteiger partial charge in [-0.05, 0) is 49.1 Å². The molecule has 0 unspecified atom stereocenters. The van der Waals surface area contributed by atoms with Crippen molar-refractivity contribution >= 4 is 16.9 Å². The van der Waals surface area contributed by atoms with Gasteiger partial charge in [0.05, 0.1) is 12.6 Å². The van der Waals surface area contributed by atoms with Gasteiger partial charge in [0.25, 0.3) is 0 Å². The van der Waals surface area contributed by atoms with Crippen LogP contribution in [0.15, 0.2) is 30.3 Å². The molecule has 1 saturated heterocycles. The maximum Gasteiger partial charge on any atom is 0.317 e. The number of piperidine rings is 1. The van der Waals surface area contributed by atoms with Crippen LogP contribution in [-0.2, 0) is 11.3 Å². The summed E-state index contributed by atoms with van der Waals surface area (Å²) in [6.45, 7) is 3.02. The van der Waals surface area contributed by atoms with Crippen LogP contribution in [0.5, 0.6) is 0 Å². The molecule has 1 aromatic carbocycles. The molecule has 0 spiro atoms. The Bertz CT molecular complexity index is 666. The predicted octanol–water partition coefficient (Wildman–Crippen LogP) is 3.27. The van der Waals surface area contributed by atoms with E-state index in [1.165, 1.54) is 18.2 Å². The number of ether oxygens (including phenoxy) is 1. The van der Waals surface area contributed by atoms with Gasteiger partial charge in [-0.1, -0.05) is 18.2 Å². The summed E-state index contributed by atoms with van der Waals surface area (Å²) in [5.41, 5.74) is 2.14. The Hall–Kier alpha value is -2.01. The molecule has 0 bridgehead atoms. The van der Waals surface area contributed by atoms with Gasteiger partial charge in [0.1, 0.15) is 0 Å². The van der Waals surface area contributed by atoms with Crippen molar-refractivity contribution in [2.75, 3.05) is 19.7 Å². The topological polar surface area (TPSA) is 57.4 Å². The summed E-state index contributed by atoms with van der Waals surface area (Å²) in [7, 11) is 0. The van der Waals surface area contributed by atoms with Crippen LogP contribution < -0.4 is 5.32 Å². The molecule has 2 heterocycles. The smallest absolute Gasteiger partial charge is 0.317 e. The van der Waals surface area contributed by atoms with Gasteiger partial charge >= 0.3 is 6.03 Å². The van der Waals surface area contributed by atoms with E-state index in [9.17, 15) is 4.79 Å². The van der Waals surface area contributed by atoms with Crippen LogP contribution in [0.3, 0.4) is 0 Å². The number of amides is 2. The second-order valence-electron chi connectivity index (χ2n) is 7.00. The minimum absolute atomic E-state index is 0.0225. The Morgan fingerprint density at radius 1 is 1.21 bits per heavy atom. The zero-order chi connectivity index (χ0) is 16.4. The van der Waals surface area contributed by atoms with Gasteiger partial charge in [0.2, 0.25) is 0 Å². The van der Waals surface area contributed by atoms with E-state index in [0.717, 1.165) is 49.7 Å². The number of aromatic amines is 1. The maximum absolute atomic E-state index is 12.3. The molecule has 2 amide bonds. The highest BCUT2D eigenvalue weighted by Gasteiger charge is 2.26. The molecular weight excluding hydrogens is 302 g/mol. The Kier molecular flexibility index (Phi) is 4.43. The normalized spacial score (nSPS) is 18.9. The van der Waals surface area contributed by atoms with Crippen LogP contribution in [0, 0.1) is 5.92 Å². The van der Waals surface area contributed by atoms with Crippen molar-refractivity contribution in [1.29, 1.82) is 0 Å². The number of hydrogen-bond acceptors (Lipinski definition) is 2. The van der Waals surface area contributed by atoms with Gasteiger partial charge in [-0.3, -0.25) is 0 Å². The second-order valence-corrected chi connectivity index (χ2v) is 7.00. The molecule has 24 heavy (non-hydrogen) atoms. The number of hydrogen-bond donors (Lipinski definition) is 2. The lowest BCUT2D eigenvalue weighted by Gasteiger charge is -2.32. The summed E-state index contributed by atoms with van der Waals surface area (Å²) >= 11 is 0. The molecule has 1 aromatic heterocycles. The molecule has 2 N–H and O–H groups in total. The molecule has 2 aliphatic rings. The number of carbonyl (C=O) groups is 1. The molecule has 1 saturated carbocycles. The van der Waals surface area contributed by atoms with E-state index < -0.39 is 0 Å². The lowest BCUT2D eigenvalue weighted by atomic mass is 10.1. The Morgan fingerprint density at radius 3 is 2.75 bits per heavy atom. The number of carbonyl (C=O) groups excluding carboxylic acids is 1. The minimum atomic E-state index is 0.0225. The van der Waals surface area contributed by atoms with Gasteiger partial charge in [-0.25, -0.2) is 4.79 Å². The van der Waals surface area contributed by atoms with Gasteiger partial charge in [0.15, 0.2) is 0 Å². The number of para-hydroxylation sites is 1. The van der Waals surface area contributed by atoms with E-state index >= 15 is 0 Å². The third-order valence-corrected chi connectivity index (χ3v) is 5.01. The van der Waals surface area contributed by atoms with Crippen LogP contribution in [0.1, 0.15) is 31.4 Å². The summed E-state index contributed by atoms with van der Waals surface area (Å²) in [4.78, 5) is 17.6. The molecule has 128 valence electrons. The van der Waals surface area contributed by atoms with E-state index in [1.807, 2.05) is 23.1 Å². The minimum Gasteiger partial charge on any atom is -0.378 e. The molecule has 5 heteroatoms. The molecule has 1 aliphatic carbocycles. The largest absolute Gasteiger partial charge is 0.378 e. The van der Waals surface area contributed by atoms with Crippen molar-refractivity contribution in [3.63, 3.8) is 0 Å². The number of fused-ring (bicyclic) bond motifs is 1. The van der Waals surface area contributed by atoms with E-state index in [2.05, 4.69) is 22.4 Å². The van der Waals surface area contributed by atoms with Crippen LogP contribution in [0.2, 0.25) is 0 Å². The summed E-state index contributed by atoms with van der Waals surface area (Å²) in [6, 6.07) is 10.3. The monoisotopic (exact) mass is 327 g/mol. The van der Waals surface area contributed by atoms with E-state index in [1.54, 1.807) is 0 Å². The van der Waals surface area contributed by atoms with Crippen molar-refractivity contribution in [2.45, 2.75) is 38.3 Å². The predicted molar refractivity (Wildman–Crippen MR) is 93.8 cm³/mol. The number of nitrogens with zero attached hydrogens (tertiary/aromatic N) is 1. The molecule has 1 aliphatic heterocycles. The summed E-state index contributed by atoms with van der Waals surface area (Å²) in [5, 5.41) is 4.20. The number of H-pyrrole nitrogens is 1. The zero-order valence-electron chi connectivity index (χ0n) is 14.0. The molecule has 4 rings (SSSR count). The highest BCUT2D eigenvalue weighted by atomic mass is 16.5. The van der Waals surface area contributed by atoms with Crippen LogP contribution in [-0.4, -0.2) is 41.7 Å². The highest BCUT2D eigenvalue weighted by molar-refractivity contribution is 5.80. The van der Waals surface area contributed by atoms with Crippen molar-refractivity contribution < 1.29 is 9.53 Å². The number of likely N-dealkylation sites (tertiary alicyclic amines) is 1. The SMILES string of the molecule is O=C(NCc1cc2ccccc2[nH]1)N1CCC(OCC2CC2)CC1. The molecular formula is C19H25N3O2. The first-order valence-electron chi connectivity index (χ1n) is 8.99. The first-order valence-corrected chi connectivity index (χ1v) is 8.99. The molecule has 2 fully saturated rings. The fourth-order valence-electron chi connectivity index (χ4n) is 3.29. The third-order valence-electron chi connectivity index (χ3n) is 5.01. The van der Waals surface area contributed by atoms with Gasteiger partial charge in [0, 0.05) is 30.9 Å². The van der Waals surface area contributed by atoms with Crippen molar-refractivity contribution in [3.8, 4) is 0 Å². The summed E-state index contributed by atoms with van der Waals surface area (Å²) < 4.78 is 5.93. The average molecular weight is 327 g/mol. The summed E-state index contributed by atoms with van der Waals surface area (Å²) in [6.07, 6.45) is 4.90. The Morgan fingerprint density at radius 2 is 2.00 bits per heavy atom. The first-order chi connectivity index (χ1) is 11.8. The van der Waals surface area contributed by atoms with Crippen LogP contribution >= 0.6 is 0 Å². The second kappa shape index (κ2) is 6.85. The zero-order valence-corrected chi connectivity index (χ0v) is 14.0. The van der Waals surface area contributed by atoms with Gasteiger partial charge in [-0.2, -0.15) is 0 Å². The van der Waals surface area contributed by atoms with Crippen molar-refractivity contribution in [3.05, 3.63) is 36.0 Å². The Balaban J connectivity index is 1.23.